The van der Waals surface area contributed by atoms with Gasteiger partial charge in [-0.25, -0.2) is 0 Å². The van der Waals surface area contributed by atoms with Crippen molar-refractivity contribution in [2.75, 3.05) is 26.2 Å². The first kappa shape index (κ1) is 28.2. The highest BCUT2D eigenvalue weighted by Crippen LogP contribution is 2.40. The Morgan fingerprint density at radius 2 is 1.73 bits per heavy atom. The molecule has 2 fully saturated rings. The van der Waals surface area contributed by atoms with Crippen LogP contribution in [0.2, 0.25) is 0 Å². The summed E-state index contributed by atoms with van der Waals surface area (Å²) in [5, 5.41) is 1.88. The Hall–Kier alpha value is -3.30. The minimum Gasteiger partial charge on any atom is -0.490 e. The second-order valence-corrected chi connectivity index (χ2v) is 11.6. The lowest BCUT2D eigenvalue weighted by Gasteiger charge is -2.22. The van der Waals surface area contributed by atoms with Crippen molar-refractivity contribution in [2.24, 2.45) is 0 Å². The van der Waals surface area contributed by atoms with Crippen LogP contribution in [0.5, 0.6) is 11.5 Å². The maximum absolute atomic E-state index is 13.1. The standard InChI is InChI=1S/C31H31BrN2O5S/c1-2-38-26-17-22(16-25(32)29(26)39-20-21-11-12-23-9-5-6-10-24(23)15-21)18-27-30(36)34(31(37)40-27)19-28(35)33-13-7-3-4-8-14-33/h5-6,9-12,15-18H,2-4,7-8,13-14,19-20H2,1H3. The van der Waals surface area contributed by atoms with Crippen molar-refractivity contribution >= 4 is 61.6 Å². The number of nitrogens with zero attached hydrogens (tertiary/aromatic N) is 2. The summed E-state index contributed by atoms with van der Waals surface area (Å²) in [5.41, 5.74) is 1.71. The number of ether oxygens (including phenoxy) is 2. The molecule has 0 unspecified atom stereocenters. The third-order valence-corrected chi connectivity index (χ3v) is 8.45. The van der Waals surface area contributed by atoms with E-state index in [0.717, 1.165) is 53.3 Å². The largest absolute Gasteiger partial charge is 0.490 e. The molecule has 0 N–H and O–H groups in total. The molecule has 0 bridgehead atoms. The molecule has 0 atom stereocenters. The van der Waals surface area contributed by atoms with Crippen LogP contribution >= 0.6 is 27.7 Å². The molecule has 2 saturated heterocycles. The van der Waals surface area contributed by atoms with Crippen LogP contribution in [0.1, 0.15) is 43.7 Å². The van der Waals surface area contributed by atoms with Crippen LogP contribution < -0.4 is 9.47 Å². The van der Waals surface area contributed by atoms with Crippen LogP contribution in [0.4, 0.5) is 4.79 Å². The second kappa shape index (κ2) is 12.9. The van der Waals surface area contributed by atoms with E-state index in [4.69, 9.17) is 9.47 Å². The van der Waals surface area contributed by atoms with Gasteiger partial charge >= 0.3 is 0 Å². The number of amides is 3. The molecule has 2 heterocycles. The van der Waals surface area contributed by atoms with E-state index in [1.807, 2.05) is 31.2 Å². The maximum atomic E-state index is 13.1. The summed E-state index contributed by atoms with van der Waals surface area (Å²) in [5.74, 6) is 0.450. The van der Waals surface area contributed by atoms with Crippen molar-refractivity contribution in [3.8, 4) is 11.5 Å². The van der Waals surface area contributed by atoms with Crippen LogP contribution in [-0.2, 0) is 16.2 Å². The molecular weight excluding hydrogens is 592 g/mol. The van der Waals surface area contributed by atoms with E-state index < -0.39 is 11.1 Å². The molecular formula is C31H31BrN2O5S. The highest BCUT2D eigenvalue weighted by atomic mass is 79.9. The van der Waals surface area contributed by atoms with Crippen molar-refractivity contribution in [3.05, 3.63) is 75.1 Å². The topological polar surface area (TPSA) is 76.2 Å². The summed E-state index contributed by atoms with van der Waals surface area (Å²) in [4.78, 5) is 41.7. The molecule has 0 aromatic heterocycles. The summed E-state index contributed by atoms with van der Waals surface area (Å²) >= 11 is 4.45. The Balaban J connectivity index is 1.31. The summed E-state index contributed by atoms with van der Waals surface area (Å²) < 4.78 is 12.7. The third kappa shape index (κ3) is 6.53. The molecule has 3 aromatic rings. The Kier molecular flexibility index (Phi) is 9.11. The molecule has 40 heavy (non-hydrogen) atoms. The predicted octanol–water partition coefficient (Wildman–Crippen LogP) is 7.02. The molecule has 3 amide bonds. The first-order valence-corrected chi connectivity index (χ1v) is 15.1. The van der Waals surface area contributed by atoms with Gasteiger partial charge in [-0.05, 0) is 93.6 Å². The van der Waals surface area contributed by atoms with Crippen molar-refractivity contribution < 1.29 is 23.9 Å². The summed E-state index contributed by atoms with van der Waals surface area (Å²) in [6.45, 7) is 3.80. The molecule has 2 aliphatic rings. The SMILES string of the molecule is CCOc1cc(C=C2SC(=O)N(CC(=O)N3CCCCCC3)C2=O)cc(Br)c1OCc1ccc2ccccc2c1. The van der Waals surface area contributed by atoms with Crippen LogP contribution in [0.3, 0.4) is 0 Å². The molecule has 0 aliphatic carbocycles. The number of fused-ring (bicyclic) bond motifs is 1. The first-order chi connectivity index (χ1) is 19.4. The lowest BCUT2D eigenvalue weighted by molar-refractivity contribution is -0.135. The number of hydrogen-bond acceptors (Lipinski definition) is 6. The first-order valence-electron chi connectivity index (χ1n) is 13.5. The minimum atomic E-state index is -0.455. The Labute approximate surface area is 246 Å². The van der Waals surface area contributed by atoms with Crippen LogP contribution in [-0.4, -0.2) is 53.1 Å². The van der Waals surface area contributed by atoms with Gasteiger partial charge in [-0.2, -0.15) is 0 Å². The minimum absolute atomic E-state index is 0.181. The Morgan fingerprint density at radius 3 is 2.48 bits per heavy atom. The summed E-state index contributed by atoms with van der Waals surface area (Å²) in [6, 6.07) is 18.0. The molecule has 208 valence electrons. The molecule has 5 rings (SSSR count). The zero-order valence-electron chi connectivity index (χ0n) is 22.4. The van der Waals surface area contributed by atoms with Gasteiger partial charge in [0.05, 0.1) is 16.0 Å². The van der Waals surface area contributed by atoms with Gasteiger partial charge in [0.1, 0.15) is 13.2 Å². The number of thioether (sulfide) groups is 1. The molecule has 9 heteroatoms. The quantitative estimate of drug-likeness (QED) is 0.251. The fourth-order valence-corrected chi connectivity index (χ4v) is 6.31. The van der Waals surface area contributed by atoms with Gasteiger partial charge in [-0.3, -0.25) is 19.3 Å². The van der Waals surface area contributed by atoms with E-state index in [2.05, 4.69) is 40.2 Å². The van der Waals surface area contributed by atoms with Crippen molar-refractivity contribution in [1.29, 1.82) is 0 Å². The fourth-order valence-electron chi connectivity index (χ4n) is 4.90. The van der Waals surface area contributed by atoms with Crippen LogP contribution in [0.15, 0.2) is 64.0 Å². The average Bonchev–Trinajstić information content (AvgIpc) is 3.12. The van der Waals surface area contributed by atoms with Crippen molar-refractivity contribution in [2.45, 2.75) is 39.2 Å². The van der Waals surface area contributed by atoms with Gasteiger partial charge in [-0.1, -0.05) is 49.2 Å². The van der Waals surface area contributed by atoms with Crippen molar-refractivity contribution in [1.82, 2.24) is 9.80 Å². The highest BCUT2D eigenvalue weighted by Gasteiger charge is 2.37. The second-order valence-electron chi connectivity index (χ2n) is 9.80. The van der Waals surface area contributed by atoms with Gasteiger partial charge in [0.15, 0.2) is 11.5 Å². The van der Waals surface area contributed by atoms with Gasteiger partial charge in [-0.15, -0.1) is 0 Å². The number of benzene rings is 3. The van der Waals surface area contributed by atoms with Gasteiger partial charge < -0.3 is 14.4 Å². The van der Waals surface area contributed by atoms with E-state index in [-0.39, 0.29) is 17.4 Å². The lowest BCUT2D eigenvalue weighted by Crippen LogP contribution is -2.42. The number of halogens is 1. The monoisotopic (exact) mass is 622 g/mol. The Bertz CT molecular complexity index is 1470. The normalized spacial score (nSPS) is 17.0. The number of hydrogen-bond donors (Lipinski definition) is 0. The van der Waals surface area contributed by atoms with Crippen LogP contribution in [0.25, 0.3) is 16.8 Å². The smallest absolute Gasteiger partial charge is 0.294 e. The number of carbonyl (C=O) groups excluding carboxylic acids is 3. The maximum Gasteiger partial charge on any atom is 0.294 e. The van der Waals surface area contributed by atoms with Gasteiger partial charge in [0.2, 0.25) is 5.91 Å². The van der Waals surface area contributed by atoms with Crippen molar-refractivity contribution in [3.63, 3.8) is 0 Å². The predicted molar refractivity (Wildman–Crippen MR) is 161 cm³/mol. The highest BCUT2D eigenvalue weighted by molar-refractivity contribution is 9.10. The summed E-state index contributed by atoms with van der Waals surface area (Å²) in [6.07, 6.45) is 5.75. The van der Waals surface area contributed by atoms with E-state index in [1.54, 1.807) is 17.0 Å². The van der Waals surface area contributed by atoms with E-state index in [1.165, 1.54) is 5.39 Å². The van der Waals surface area contributed by atoms with E-state index >= 15 is 0 Å². The molecule has 0 radical (unpaired) electrons. The van der Waals surface area contributed by atoms with Gasteiger partial charge in [0, 0.05) is 13.1 Å². The number of likely N-dealkylation sites (tertiary alicyclic amines) is 1. The number of imide groups is 1. The van der Waals surface area contributed by atoms with E-state index in [9.17, 15) is 14.4 Å². The molecule has 3 aromatic carbocycles. The summed E-state index contributed by atoms with van der Waals surface area (Å²) in [7, 11) is 0. The number of rotatable bonds is 8. The molecule has 0 spiro atoms. The Morgan fingerprint density at radius 1 is 0.975 bits per heavy atom. The van der Waals surface area contributed by atoms with Crippen LogP contribution in [0, 0.1) is 0 Å². The van der Waals surface area contributed by atoms with Gasteiger partial charge in [0.25, 0.3) is 11.1 Å². The van der Waals surface area contributed by atoms with E-state index in [0.29, 0.717) is 47.8 Å². The third-order valence-electron chi connectivity index (χ3n) is 6.95. The number of carbonyl (C=O) groups is 3. The molecule has 2 aliphatic heterocycles. The lowest BCUT2D eigenvalue weighted by atomic mass is 10.1. The average molecular weight is 624 g/mol. The zero-order chi connectivity index (χ0) is 28.1. The fraction of sp³-hybridized carbons (Fsp3) is 0.323. The zero-order valence-corrected chi connectivity index (χ0v) is 24.8. The molecule has 0 saturated carbocycles. The molecule has 7 nitrogen and oxygen atoms in total.